The van der Waals surface area contributed by atoms with Crippen molar-refractivity contribution >= 4 is 12.1 Å². The zero-order valence-electron chi connectivity index (χ0n) is 11.9. The summed E-state index contributed by atoms with van der Waals surface area (Å²) in [5.41, 5.74) is 0. The first kappa shape index (κ1) is 15.8. The average molecular weight is 272 g/mol. The maximum atomic E-state index is 11.5. The molecule has 6 heteroatoms. The van der Waals surface area contributed by atoms with Gasteiger partial charge in [-0.25, -0.2) is 4.79 Å². The van der Waals surface area contributed by atoms with Crippen molar-refractivity contribution in [3.63, 3.8) is 0 Å². The molecule has 0 aromatic rings. The number of nitrogens with one attached hydrogen (secondary N) is 1. The van der Waals surface area contributed by atoms with E-state index in [1.807, 2.05) is 13.8 Å². The molecule has 1 saturated heterocycles. The van der Waals surface area contributed by atoms with E-state index in [4.69, 9.17) is 4.74 Å². The highest BCUT2D eigenvalue weighted by atomic mass is 16.5. The van der Waals surface area contributed by atoms with Crippen molar-refractivity contribution in [2.75, 3.05) is 13.2 Å². The van der Waals surface area contributed by atoms with Crippen molar-refractivity contribution in [3.8, 4) is 0 Å². The Hall–Kier alpha value is -1.30. The first-order chi connectivity index (χ1) is 8.93. The highest BCUT2D eigenvalue weighted by Gasteiger charge is 2.33. The molecule has 1 heterocycles. The van der Waals surface area contributed by atoms with Crippen molar-refractivity contribution in [2.24, 2.45) is 0 Å². The topological polar surface area (TPSA) is 78.9 Å². The fraction of sp³-hybridized carbons (Fsp3) is 0.846. The monoisotopic (exact) mass is 272 g/mol. The Morgan fingerprint density at radius 2 is 2.11 bits per heavy atom. The van der Waals surface area contributed by atoms with Gasteiger partial charge in [0.25, 0.3) is 0 Å². The Bertz CT molecular complexity index is 320. The third-order valence-corrected chi connectivity index (χ3v) is 3.23. The molecule has 0 saturated carbocycles. The summed E-state index contributed by atoms with van der Waals surface area (Å²) < 4.78 is 4.89. The molecule has 1 rings (SSSR count). The van der Waals surface area contributed by atoms with Gasteiger partial charge in [0, 0.05) is 24.7 Å². The van der Waals surface area contributed by atoms with Crippen LogP contribution in [0, 0.1) is 0 Å². The minimum absolute atomic E-state index is 0.147. The van der Waals surface area contributed by atoms with Crippen LogP contribution in [-0.4, -0.2) is 53.3 Å². The van der Waals surface area contributed by atoms with E-state index in [-0.39, 0.29) is 24.5 Å². The average Bonchev–Trinajstić information content (AvgIpc) is 2.30. The van der Waals surface area contributed by atoms with E-state index in [0.717, 1.165) is 6.42 Å². The molecule has 1 fully saturated rings. The number of ether oxygens (including phenoxy) is 1. The van der Waals surface area contributed by atoms with Gasteiger partial charge in [0.15, 0.2) is 0 Å². The molecule has 2 atom stereocenters. The number of piperidine rings is 1. The molecule has 2 N–H and O–H groups in total. The van der Waals surface area contributed by atoms with Gasteiger partial charge in [-0.2, -0.15) is 0 Å². The van der Waals surface area contributed by atoms with Gasteiger partial charge < -0.3 is 20.1 Å². The predicted octanol–water partition coefficient (Wildman–Crippen LogP) is 1.45. The normalized spacial score (nSPS) is 23.5. The zero-order valence-corrected chi connectivity index (χ0v) is 11.9. The van der Waals surface area contributed by atoms with Gasteiger partial charge in [-0.05, 0) is 19.8 Å². The molecular weight excluding hydrogens is 248 g/mol. The lowest BCUT2D eigenvalue weighted by Crippen LogP contribution is -2.54. The van der Waals surface area contributed by atoms with E-state index in [1.54, 1.807) is 6.92 Å². The highest BCUT2D eigenvalue weighted by Crippen LogP contribution is 2.21. The van der Waals surface area contributed by atoms with Crippen LogP contribution in [0.15, 0.2) is 0 Å². The third-order valence-electron chi connectivity index (χ3n) is 3.23. The second-order valence-corrected chi connectivity index (χ2v) is 5.19. The lowest BCUT2D eigenvalue weighted by molar-refractivity contribution is -0.144. The van der Waals surface area contributed by atoms with Gasteiger partial charge in [0.05, 0.1) is 13.0 Å². The van der Waals surface area contributed by atoms with Crippen LogP contribution >= 0.6 is 0 Å². The van der Waals surface area contributed by atoms with Crippen LogP contribution in [0.3, 0.4) is 0 Å². The van der Waals surface area contributed by atoms with Gasteiger partial charge in [0.1, 0.15) is 0 Å². The number of rotatable bonds is 5. The van der Waals surface area contributed by atoms with Crippen LogP contribution in [0.25, 0.3) is 0 Å². The predicted molar refractivity (Wildman–Crippen MR) is 71.1 cm³/mol. The van der Waals surface area contributed by atoms with E-state index in [2.05, 4.69) is 5.32 Å². The minimum Gasteiger partial charge on any atom is -0.466 e. The molecule has 1 amide bonds. The summed E-state index contributed by atoms with van der Waals surface area (Å²) in [7, 11) is 0. The highest BCUT2D eigenvalue weighted by molar-refractivity contribution is 5.72. The number of esters is 1. The molecule has 6 nitrogen and oxygen atoms in total. The number of hydrogen-bond donors (Lipinski definition) is 2. The molecular formula is C13H24N2O4. The number of carboxylic acid groups (broad SMARTS) is 1. The maximum Gasteiger partial charge on any atom is 0.407 e. The largest absolute Gasteiger partial charge is 0.466 e. The lowest BCUT2D eigenvalue weighted by atomic mass is 9.96. The summed E-state index contributed by atoms with van der Waals surface area (Å²) in [4.78, 5) is 24.1. The molecule has 110 valence electrons. The third kappa shape index (κ3) is 5.06. The lowest BCUT2D eigenvalue weighted by Gasteiger charge is -2.38. The second-order valence-electron chi connectivity index (χ2n) is 5.19. The Balaban J connectivity index is 2.58. The summed E-state index contributed by atoms with van der Waals surface area (Å²) in [5, 5.41) is 12.6. The molecule has 0 aliphatic carbocycles. The van der Waals surface area contributed by atoms with E-state index in [9.17, 15) is 14.7 Å². The van der Waals surface area contributed by atoms with Gasteiger partial charge in [0.2, 0.25) is 0 Å². The van der Waals surface area contributed by atoms with Crippen molar-refractivity contribution in [1.29, 1.82) is 0 Å². The minimum atomic E-state index is -0.968. The van der Waals surface area contributed by atoms with Crippen molar-refractivity contribution < 1.29 is 19.4 Å². The summed E-state index contributed by atoms with van der Waals surface area (Å²) in [6, 6.07) is 0.221. The number of nitrogens with zero attached hydrogens (tertiary/aromatic N) is 1. The first-order valence-electron chi connectivity index (χ1n) is 6.85. The van der Waals surface area contributed by atoms with Gasteiger partial charge in [-0.3, -0.25) is 4.79 Å². The number of amides is 1. The van der Waals surface area contributed by atoms with E-state index in [1.165, 1.54) is 4.90 Å². The summed E-state index contributed by atoms with van der Waals surface area (Å²) in [6.07, 6.45) is 0.750. The Labute approximate surface area is 114 Å². The van der Waals surface area contributed by atoms with Gasteiger partial charge in [-0.15, -0.1) is 0 Å². The van der Waals surface area contributed by atoms with Gasteiger partial charge >= 0.3 is 12.1 Å². The van der Waals surface area contributed by atoms with Crippen LogP contribution in [-0.2, 0) is 9.53 Å². The molecule has 19 heavy (non-hydrogen) atoms. The van der Waals surface area contributed by atoms with Crippen LogP contribution < -0.4 is 5.32 Å². The maximum absolute atomic E-state index is 11.5. The molecule has 0 radical (unpaired) electrons. The smallest absolute Gasteiger partial charge is 0.407 e. The van der Waals surface area contributed by atoms with Crippen LogP contribution in [0.1, 0.15) is 40.0 Å². The fourth-order valence-electron chi connectivity index (χ4n) is 2.49. The standard InChI is InChI=1S/C13H24N2O4/c1-4-19-12(16)7-11-6-5-10(14-9(2)3)8-15(11)13(17)18/h9-11,14H,4-8H2,1-3H3,(H,17,18)/t10-,11-/m1/s1. The molecule has 0 aromatic carbocycles. The van der Waals surface area contributed by atoms with Crippen molar-refractivity contribution in [2.45, 2.75) is 58.2 Å². The quantitative estimate of drug-likeness (QED) is 0.741. The Kier molecular flexibility index (Phi) is 6.08. The molecule has 0 unspecified atom stereocenters. The van der Waals surface area contributed by atoms with Crippen LogP contribution in [0.4, 0.5) is 4.79 Å². The van der Waals surface area contributed by atoms with Crippen molar-refractivity contribution in [3.05, 3.63) is 0 Å². The molecule has 1 aliphatic rings. The number of likely N-dealkylation sites (tertiary alicyclic amines) is 1. The molecule has 0 bridgehead atoms. The van der Waals surface area contributed by atoms with E-state index < -0.39 is 6.09 Å². The number of carbonyl (C=O) groups is 2. The first-order valence-corrected chi connectivity index (χ1v) is 6.85. The zero-order chi connectivity index (χ0) is 14.4. The summed E-state index contributed by atoms with van der Waals surface area (Å²) >= 11 is 0. The number of carbonyl (C=O) groups excluding carboxylic acids is 1. The summed E-state index contributed by atoms with van der Waals surface area (Å²) in [5.74, 6) is -0.325. The number of hydrogen-bond acceptors (Lipinski definition) is 4. The second kappa shape index (κ2) is 7.33. The molecule has 0 spiro atoms. The molecule has 0 aromatic heterocycles. The molecule has 1 aliphatic heterocycles. The van der Waals surface area contributed by atoms with E-state index >= 15 is 0 Å². The van der Waals surface area contributed by atoms with Crippen LogP contribution in [0.2, 0.25) is 0 Å². The van der Waals surface area contributed by atoms with Gasteiger partial charge in [-0.1, -0.05) is 13.8 Å². The van der Waals surface area contributed by atoms with Crippen LogP contribution in [0.5, 0.6) is 0 Å². The van der Waals surface area contributed by atoms with E-state index in [0.29, 0.717) is 25.6 Å². The van der Waals surface area contributed by atoms with Crippen molar-refractivity contribution in [1.82, 2.24) is 10.2 Å². The SMILES string of the molecule is CCOC(=O)C[C@H]1CC[C@@H](NC(C)C)CN1C(=O)O. The fourth-order valence-corrected chi connectivity index (χ4v) is 2.49. The Morgan fingerprint density at radius 3 is 2.63 bits per heavy atom. The Morgan fingerprint density at radius 1 is 1.42 bits per heavy atom. The summed E-state index contributed by atoms with van der Waals surface area (Å²) in [6.45, 7) is 6.58.